The van der Waals surface area contributed by atoms with Crippen molar-refractivity contribution in [1.29, 1.82) is 0 Å². The van der Waals surface area contributed by atoms with Crippen LogP contribution in [0.25, 0.3) is 11.1 Å². The van der Waals surface area contributed by atoms with Gasteiger partial charge in [0.1, 0.15) is 5.01 Å². The molecular formula is C29H31N3O3S2. The fourth-order valence-corrected chi connectivity index (χ4v) is 6.52. The van der Waals surface area contributed by atoms with Crippen LogP contribution in [-0.4, -0.2) is 27.2 Å². The van der Waals surface area contributed by atoms with E-state index >= 15 is 0 Å². The van der Waals surface area contributed by atoms with Gasteiger partial charge in [0.2, 0.25) is 0 Å². The maximum atomic E-state index is 9.47. The lowest BCUT2D eigenvalue weighted by Crippen LogP contribution is -2.38. The maximum Gasteiger partial charge on any atom is 0.184 e. The first-order chi connectivity index (χ1) is 18.0. The Morgan fingerprint density at radius 1 is 0.919 bits per heavy atom. The van der Waals surface area contributed by atoms with Crippen LogP contribution in [0.5, 0.6) is 0 Å². The Balaban J connectivity index is 1.39. The molecule has 0 saturated carbocycles. The topological polar surface area (TPSA) is 90.5 Å². The highest BCUT2D eigenvalue weighted by Gasteiger charge is 2.38. The van der Waals surface area contributed by atoms with Crippen molar-refractivity contribution in [2.75, 3.05) is 5.75 Å². The van der Waals surface area contributed by atoms with Crippen LogP contribution >= 0.6 is 23.1 Å². The summed E-state index contributed by atoms with van der Waals surface area (Å²) in [4.78, 5) is 0. The molecule has 4 atom stereocenters. The fourth-order valence-electron chi connectivity index (χ4n) is 4.51. The van der Waals surface area contributed by atoms with E-state index in [4.69, 9.17) is 15.2 Å². The Morgan fingerprint density at radius 2 is 1.68 bits per heavy atom. The third-order valence-electron chi connectivity index (χ3n) is 6.68. The number of aliphatic hydroxyl groups excluding tert-OH is 1. The molecule has 37 heavy (non-hydrogen) atoms. The molecule has 0 bridgehead atoms. The van der Waals surface area contributed by atoms with E-state index in [1.807, 2.05) is 43.3 Å². The second-order valence-electron chi connectivity index (χ2n) is 9.25. The average molecular weight is 534 g/mol. The molecule has 1 aliphatic rings. The van der Waals surface area contributed by atoms with E-state index in [1.165, 1.54) is 0 Å². The second-order valence-corrected chi connectivity index (χ2v) is 11.7. The zero-order valence-electron chi connectivity index (χ0n) is 20.9. The average Bonchev–Trinajstić information content (AvgIpc) is 3.37. The number of nitrogens with zero attached hydrogens (tertiary/aromatic N) is 2. The monoisotopic (exact) mass is 533 g/mol. The zero-order valence-corrected chi connectivity index (χ0v) is 22.5. The van der Waals surface area contributed by atoms with Gasteiger partial charge in [-0.1, -0.05) is 96.8 Å². The first-order valence-corrected chi connectivity index (χ1v) is 14.2. The van der Waals surface area contributed by atoms with Crippen molar-refractivity contribution < 1.29 is 14.6 Å². The summed E-state index contributed by atoms with van der Waals surface area (Å²) in [5, 5.41) is 18.8. The molecule has 5 rings (SSSR count). The quantitative estimate of drug-likeness (QED) is 0.267. The van der Waals surface area contributed by atoms with E-state index in [2.05, 4.69) is 53.5 Å². The third-order valence-corrected chi connectivity index (χ3v) is 8.74. The summed E-state index contributed by atoms with van der Waals surface area (Å²) in [7, 11) is 0. The molecule has 8 heteroatoms. The SMILES string of the molecule is Cc1nnc(SC[C@H]2O[C@@H](c3ccc(-c4cccc(CN)c4)cc3)O[C@@H](c3ccc(CO)cc3)[C@H]2C)s1. The van der Waals surface area contributed by atoms with Gasteiger partial charge in [0.05, 0.1) is 18.8 Å². The predicted octanol–water partition coefficient (Wildman–Crippen LogP) is 6.05. The van der Waals surface area contributed by atoms with E-state index in [9.17, 15) is 5.11 Å². The minimum Gasteiger partial charge on any atom is -0.392 e. The molecule has 0 amide bonds. The fraction of sp³-hybridized carbons (Fsp3) is 0.310. The lowest BCUT2D eigenvalue weighted by Gasteiger charge is -2.41. The summed E-state index contributed by atoms with van der Waals surface area (Å²) < 4.78 is 14.1. The van der Waals surface area contributed by atoms with Gasteiger partial charge in [0, 0.05) is 23.8 Å². The summed E-state index contributed by atoms with van der Waals surface area (Å²) in [6, 6.07) is 24.7. The first kappa shape index (κ1) is 26.0. The number of hydrogen-bond acceptors (Lipinski definition) is 8. The van der Waals surface area contributed by atoms with Crippen LogP contribution in [0.4, 0.5) is 0 Å². The van der Waals surface area contributed by atoms with Crippen molar-refractivity contribution >= 4 is 23.1 Å². The minimum absolute atomic E-state index is 0.0220. The van der Waals surface area contributed by atoms with Crippen LogP contribution in [0.1, 0.15) is 46.6 Å². The number of aromatic nitrogens is 2. The van der Waals surface area contributed by atoms with E-state index in [1.54, 1.807) is 23.1 Å². The molecule has 3 aromatic carbocycles. The predicted molar refractivity (Wildman–Crippen MR) is 148 cm³/mol. The molecule has 0 unspecified atom stereocenters. The summed E-state index contributed by atoms with van der Waals surface area (Å²) >= 11 is 3.28. The molecule has 0 radical (unpaired) electrons. The summed E-state index contributed by atoms with van der Waals surface area (Å²) in [6.07, 6.45) is -0.685. The Labute approximate surface area is 225 Å². The lowest BCUT2D eigenvalue weighted by molar-refractivity contribution is -0.268. The van der Waals surface area contributed by atoms with Crippen molar-refractivity contribution in [3.05, 3.63) is 100 Å². The molecule has 192 valence electrons. The van der Waals surface area contributed by atoms with E-state index in [0.717, 1.165) is 48.5 Å². The van der Waals surface area contributed by atoms with Gasteiger partial charge >= 0.3 is 0 Å². The standard InChI is InChI=1S/C29H31N3O3S2/c1-18-26(17-36-29-32-31-19(2)37-29)34-28(35-27(18)23-8-6-20(16-33)7-9-23)24-12-10-22(11-13-24)25-5-3-4-21(14-25)15-30/h3-14,18,26-28,33H,15-17,30H2,1-2H3/t18-,26+,27+,28+/m0/s1. The largest absolute Gasteiger partial charge is 0.392 e. The molecule has 2 heterocycles. The van der Waals surface area contributed by atoms with Crippen LogP contribution in [0.15, 0.2) is 77.1 Å². The van der Waals surface area contributed by atoms with Crippen LogP contribution in [0.3, 0.4) is 0 Å². The van der Waals surface area contributed by atoms with E-state index in [-0.39, 0.29) is 24.7 Å². The Bertz CT molecular complexity index is 1310. The molecule has 1 fully saturated rings. The van der Waals surface area contributed by atoms with Crippen LogP contribution in [-0.2, 0) is 22.6 Å². The van der Waals surface area contributed by atoms with Gasteiger partial charge in [-0.25, -0.2) is 0 Å². The molecule has 1 aromatic heterocycles. The van der Waals surface area contributed by atoms with Gasteiger partial charge in [-0.15, -0.1) is 10.2 Å². The van der Waals surface area contributed by atoms with Gasteiger partial charge in [-0.05, 0) is 40.8 Å². The smallest absolute Gasteiger partial charge is 0.184 e. The van der Waals surface area contributed by atoms with Crippen molar-refractivity contribution in [3.63, 3.8) is 0 Å². The molecule has 0 spiro atoms. The number of hydrogen-bond donors (Lipinski definition) is 2. The van der Waals surface area contributed by atoms with Crippen molar-refractivity contribution in [2.24, 2.45) is 11.7 Å². The highest BCUT2D eigenvalue weighted by Crippen LogP contribution is 2.43. The Morgan fingerprint density at radius 3 is 2.35 bits per heavy atom. The van der Waals surface area contributed by atoms with Gasteiger partial charge < -0.3 is 20.3 Å². The number of aryl methyl sites for hydroxylation is 1. The molecule has 1 saturated heterocycles. The van der Waals surface area contributed by atoms with Crippen molar-refractivity contribution in [1.82, 2.24) is 10.2 Å². The summed E-state index contributed by atoms with van der Waals surface area (Å²) in [6.45, 7) is 4.68. The number of benzene rings is 3. The lowest BCUT2D eigenvalue weighted by atomic mass is 9.91. The van der Waals surface area contributed by atoms with Crippen LogP contribution < -0.4 is 5.73 Å². The number of ether oxygens (including phenoxy) is 2. The summed E-state index contributed by atoms with van der Waals surface area (Å²) in [5.74, 6) is 0.876. The van der Waals surface area contributed by atoms with Gasteiger partial charge in [0.15, 0.2) is 10.6 Å². The highest BCUT2D eigenvalue weighted by molar-refractivity contribution is 8.01. The van der Waals surface area contributed by atoms with Gasteiger partial charge in [-0.2, -0.15) is 0 Å². The number of aliphatic hydroxyl groups is 1. The molecule has 3 N–H and O–H groups in total. The number of thioether (sulfide) groups is 1. The number of rotatable bonds is 8. The number of nitrogens with two attached hydrogens (primary N) is 1. The zero-order chi connectivity index (χ0) is 25.8. The second kappa shape index (κ2) is 11.9. The van der Waals surface area contributed by atoms with Crippen LogP contribution in [0.2, 0.25) is 0 Å². The molecule has 6 nitrogen and oxygen atoms in total. The van der Waals surface area contributed by atoms with E-state index < -0.39 is 6.29 Å². The summed E-state index contributed by atoms with van der Waals surface area (Å²) in [5.41, 5.74) is 12.1. The van der Waals surface area contributed by atoms with Gasteiger partial charge in [0.25, 0.3) is 0 Å². The highest BCUT2D eigenvalue weighted by atomic mass is 32.2. The molecule has 0 aliphatic carbocycles. The normalized spacial score (nSPS) is 21.7. The maximum absolute atomic E-state index is 9.47. The minimum atomic E-state index is -0.495. The Kier molecular flexibility index (Phi) is 8.34. The molecule has 4 aromatic rings. The first-order valence-electron chi connectivity index (χ1n) is 12.4. The van der Waals surface area contributed by atoms with Crippen molar-refractivity contribution in [3.8, 4) is 11.1 Å². The third kappa shape index (κ3) is 6.12. The van der Waals surface area contributed by atoms with Crippen LogP contribution in [0, 0.1) is 12.8 Å². The molecule has 1 aliphatic heterocycles. The van der Waals surface area contributed by atoms with Crippen molar-refractivity contribution in [2.45, 2.75) is 49.8 Å². The Hall–Kier alpha value is -2.59. The van der Waals surface area contributed by atoms with E-state index in [0.29, 0.717) is 6.54 Å². The molecular weight excluding hydrogens is 502 g/mol. The van der Waals surface area contributed by atoms with Gasteiger partial charge in [-0.3, -0.25) is 0 Å².